The smallest absolute Gasteiger partial charge is 0.229 e. The number of aryl methyl sites for hydroxylation is 1. The first-order chi connectivity index (χ1) is 11.1. The number of nitrogens with one attached hydrogen (secondary N) is 1. The van der Waals surface area contributed by atoms with Crippen LogP contribution in [0.1, 0.15) is 37.1 Å². The van der Waals surface area contributed by atoms with E-state index in [9.17, 15) is 9.18 Å². The van der Waals surface area contributed by atoms with E-state index in [0.29, 0.717) is 22.9 Å². The normalized spacial score (nSPS) is 15.0. The average Bonchev–Trinajstić information content (AvgIpc) is 3.16. The number of amides is 1. The SMILES string of the molecule is Cc1oc(-c2ccccc2F)nc1CC(=O)NCC1CCCC1. The number of halogens is 1. The number of benzene rings is 1. The lowest BCUT2D eigenvalue weighted by Crippen LogP contribution is -2.29. The standard InChI is InChI=1S/C18H21FN2O2/c1-12-16(10-17(22)20-11-13-6-2-3-7-13)21-18(23-12)14-8-4-5-9-15(14)19/h4-5,8-9,13H,2-3,6-7,10-11H2,1H3,(H,20,22). The summed E-state index contributed by atoms with van der Waals surface area (Å²) in [5.74, 6) is 0.934. The van der Waals surface area contributed by atoms with Crippen LogP contribution in [-0.2, 0) is 11.2 Å². The van der Waals surface area contributed by atoms with Crippen LogP contribution in [0.15, 0.2) is 28.7 Å². The Hall–Kier alpha value is -2.17. The van der Waals surface area contributed by atoms with Gasteiger partial charge in [0.2, 0.25) is 11.8 Å². The van der Waals surface area contributed by atoms with Gasteiger partial charge in [-0.3, -0.25) is 4.79 Å². The quantitative estimate of drug-likeness (QED) is 0.916. The molecule has 1 aliphatic carbocycles. The molecule has 3 rings (SSSR count). The van der Waals surface area contributed by atoms with E-state index in [2.05, 4.69) is 10.3 Å². The van der Waals surface area contributed by atoms with Crippen LogP contribution in [0, 0.1) is 18.7 Å². The van der Waals surface area contributed by atoms with Crippen LogP contribution in [0.4, 0.5) is 4.39 Å². The predicted molar refractivity (Wildman–Crippen MR) is 85.3 cm³/mol. The maximum atomic E-state index is 13.8. The molecule has 0 atom stereocenters. The highest BCUT2D eigenvalue weighted by Gasteiger charge is 2.19. The Morgan fingerprint density at radius 2 is 2.09 bits per heavy atom. The molecule has 0 bridgehead atoms. The van der Waals surface area contributed by atoms with Gasteiger partial charge < -0.3 is 9.73 Å². The van der Waals surface area contributed by atoms with Crippen molar-refractivity contribution >= 4 is 5.91 Å². The van der Waals surface area contributed by atoms with Crippen molar-refractivity contribution < 1.29 is 13.6 Å². The highest BCUT2D eigenvalue weighted by atomic mass is 19.1. The molecule has 4 nitrogen and oxygen atoms in total. The zero-order chi connectivity index (χ0) is 16.2. The summed E-state index contributed by atoms with van der Waals surface area (Å²) in [6.45, 7) is 2.48. The molecule has 0 spiro atoms. The van der Waals surface area contributed by atoms with E-state index in [1.165, 1.54) is 31.7 Å². The molecule has 1 N–H and O–H groups in total. The first-order valence-corrected chi connectivity index (χ1v) is 8.11. The number of nitrogens with zero attached hydrogens (tertiary/aromatic N) is 1. The van der Waals surface area contributed by atoms with Crippen LogP contribution in [-0.4, -0.2) is 17.4 Å². The van der Waals surface area contributed by atoms with Crippen LogP contribution < -0.4 is 5.32 Å². The van der Waals surface area contributed by atoms with Crippen LogP contribution in [0.3, 0.4) is 0 Å². The summed E-state index contributed by atoms with van der Waals surface area (Å²) in [5.41, 5.74) is 0.875. The van der Waals surface area contributed by atoms with Crippen LogP contribution in [0.5, 0.6) is 0 Å². The van der Waals surface area contributed by atoms with Crippen molar-refractivity contribution in [3.63, 3.8) is 0 Å². The lowest BCUT2D eigenvalue weighted by Gasteiger charge is -2.09. The zero-order valence-corrected chi connectivity index (χ0v) is 13.3. The number of rotatable bonds is 5. The number of aromatic nitrogens is 1. The Morgan fingerprint density at radius 3 is 2.83 bits per heavy atom. The maximum absolute atomic E-state index is 13.8. The summed E-state index contributed by atoms with van der Waals surface area (Å²) >= 11 is 0. The van der Waals surface area contributed by atoms with Crippen molar-refractivity contribution in [2.45, 2.75) is 39.0 Å². The van der Waals surface area contributed by atoms with E-state index in [0.717, 1.165) is 6.54 Å². The Kier molecular flexibility index (Phi) is 4.74. The fourth-order valence-electron chi connectivity index (χ4n) is 3.03. The van der Waals surface area contributed by atoms with Gasteiger partial charge >= 0.3 is 0 Å². The number of carbonyl (C=O) groups excluding carboxylic acids is 1. The first-order valence-electron chi connectivity index (χ1n) is 8.11. The van der Waals surface area contributed by atoms with Crippen molar-refractivity contribution in [1.29, 1.82) is 0 Å². The van der Waals surface area contributed by atoms with Crippen molar-refractivity contribution in [3.8, 4) is 11.5 Å². The van der Waals surface area contributed by atoms with Gasteiger partial charge in [0.1, 0.15) is 11.6 Å². The van der Waals surface area contributed by atoms with Gasteiger partial charge in [0.25, 0.3) is 0 Å². The van der Waals surface area contributed by atoms with E-state index in [1.54, 1.807) is 25.1 Å². The summed E-state index contributed by atoms with van der Waals surface area (Å²) < 4.78 is 19.3. The van der Waals surface area contributed by atoms with Gasteiger partial charge in [-0.1, -0.05) is 25.0 Å². The molecule has 2 aromatic rings. The molecule has 5 heteroatoms. The molecule has 23 heavy (non-hydrogen) atoms. The summed E-state index contributed by atoms with van der Waals surface area (Å²) in [6.07, 6.45) is 5.07. The monoisotopic (exact) mass is 316 g/mol. The van der Waals surface area contributed by atoms with Crippen LogP contribution in [0.2, 0.25) is 0 Å². The molecule has 122 valence electrons. The molecule has 1 fully saturated rings. The van der Waals surface area contributed by atoms with Gasteiger partial charge in [-0.25, -0.2) is 9.37 Å². The van der Waals surface area contributed by atoms with Gasteiger partial charge in [-0.2, -0.15) is 0 Å². The molecule has 0 saturated heterocycles. The average molecular weight is 316 g/mol. The third-order valence-corrected chi connectivity index (χ3v) is 4.39. The van der Waals surface area contributed by atoms with Crippen molar-refractivity contribution in [2.24, 2.45) is 5.92 Å². The highest BCUT2D eigenvalue weighted by molar-refractivity contribution is 5.78. The molecule has 1 saturated carbocycles. The van der Waals surface area contributed by atoms with E-state index in [-0.39, 0.29) is 24.0 Å². The topological polar surface area (TPSA) is 55.1 Å². The second-order valence-corrected chi connectivity index (χ2v) is 6.13. The maximum Gasteiger partial charge on any atom is 0.229 e. The van der Waals surface area contributed by atoms with Crippen molar-refractivity contribution in [2.75, 3.05) is 6.54 Å². The highest BCUT2D eigenvalue weighted by Crippen LogP contribution is 2.25. The Labute approximate surface area is 135 Å². The summed E-state index contributed by atoms with van der Waals surface area (Å²) in [7, 11) is 0. The van der Waals surface area contributed by atoms with E-state index >= 15 is 0 Å². The molecular weight excluding hydrogens is 295 g/mol. The van der Waals surface area contributed by atoms with Crippen molar-refractivity contribution in [3.05, 3.63) is 41.5 Å². The summed E-state index contributed by atoms with van der Waals surface area (Å²) in [6, 6.07) is 6.32. The summed E-state index contributed by atoms with van der Waals surface area (Å²) in [4.78, 5) is 16.4. The fourth-order valence-corrected chi connectivity index (χ4v) is 3.03. The van der Waals surface area contributed by atoms with E-state index < -0.39 is 0 Å². The molecule has 1 aromatic heterocycles. The molecule has 1 aromatic carbocycles. The molecular formula is C18H21FN2O2. The van der Waals surface area contributed by atoms with Gasteiger partial charge in [0.15, 0.2) is 0 Å². The number of hydrogen-bond donors (Lipinski definition) is 1. The predicted octanol–water partition coefficient (Wildman–Crippen LogP) is 3.64. The van der Waals surface area contributed by atoms with Gasteiger partial charge in [0, 0.05) is 6.54 Å². The third kappa shape index (κ3) is 3.78. The zero-order valence-electron chi connectivity index (χ0n) is 13.3. The van der Waals surface area contributed by atoms with Gasteiger partial charge in [-0.15, -0.1) is 0 Å². The fraction of sp³-hybridized carbons (Fsp3) is 0.444. The molecule has 1 amide bonds. The molecule has 0 aliphatic heterocycles. The van der Waals surface area contributed by atoms with Gasteiger partial charge in [-0.05, 0) is 37.8 Å². The minimum Gasteiger partial charge on any atom is -0.441 e. The second kappa shape index (κ2) is 6.94. The third-order valence-electron chi connectivity index (χ3n) is 4.39. The number of carbonyl (C=O) groups is 1. The lowest BCUT2D eigenvalue weighted by atomic mass is 10.1. The number of hydrogen-bond acceptors (Lipinski definition) is 3. The van der Waals surface area contributed by atoms with E-state index in [1.807, 2.05) is 0 Å². The number of oxazole rings is 1. The molecule has 0 radical (unpaired) electrons. The molecule has 0 unspecified atom stereocenters. The largest absolute Gasteiger partial charge is 0.441 e. The Bertz CT molecular complexity index is 690. The molecule has 1 aliphatic rings. The van der Waals surface area contributed by atoms with Crippen LogP contribution in [0.25, 0.3) is 11.5 Å². The Morgan fingerprint density at radius 1 is 1.35 bits per heavy atom. The lowest BCUT2D eigenvalue weighted by molar-refractivity contribution is -0.120. The van der Waals surface area contributed by atoms with Crippen LogP contribution >= 0.6 is 0 Å². The van der Waals surface area contributed by atoms with E-state index in [4.69, 9.17) is 4.42 Å². The van der Waals surface area contributed by atoms with Crippen molar-refractivity contribution in [1.82, 2.24) is 10.3 Å². The molecule has 1 heterocycles. The second-order valence-electron chi connectivity index (χ2n) is 6.13. The Balaban J connectivity index is 1.64. The minimum atomic E-state index is -0.383. The minimum absolute atomic E-state index is 0.0617. The summed E-state index contributed by atoms with van der Waals surface area (Å²) in [5, 5.41) is 2.97. The first kappa shape index (κ1) is 15.7. The van der Waals surface area contributed by atoms with Gasteiger partial charge in [0.05, 0.1) is 17.7 Å².